The predicted molar refractivity (Wildman–Crippen MR) is 96.3 cm³/mol. The maximum Gasteiger partial charge on any atom is 0.410 e. The Morgan fingerprint density at radius 1 is 1.22 bits per heavy atom. The zero-order valence-corrected chi connectivity index (χ0v) is 15.0. The van der Waals surface area contributed by atoms with Crippen LogP contribution in [0.2, 0.25) is 0 Å². The number of hydrogen-bond donors (Lipinski definition) is 1. The monoisotopic (exact) mass is 368 g/mol. The Hall–Kier alpha value is -2.93. The van der Waals surface area contributed by atoms with Gasteiger partial charge in [0.15, 0.2) is 23.0 Å². The van der Waals surface area contributed by atoms with E-state index in [1.807, 2.05) is 12.1 Å². The van der Waals surface area contributed by atoms with Crippen molar-refractivity contribution in [3.8, 4) is 23.0 Å². The number of benzene rings is 2. The van der Waals surface area contributed by atoms with Crippen LogP contribution in [0.15, 0.2) is 24.3 Å². The highest BCUT2D eigenvalue weighted by Crippen LogP contribution is 2.46. The molecule has 0 fully saturated rings. The van der Waals surface area contributed by atoms with Crippen molar-refractivity contribution >= 4 is 6.09 Å². The van der Waals surface area contributed by atoms with Crippen molar-refractivity contribution in [3.63, 3.8) is 0 Å². The van der Waals surface area contributed by atoms with Gasteiger partial charge in [-0.3, -0.25) is 4.90 Å². The number of methoxy groups -OCH3 is 1. The highest BCUT2D eigenvalue weighted by molar-refractivity contribution is 5.71. The molecule has 5 rings (SSSR count). The minimum atomic E-state index is -0.833. The van der Waals surface area contributed by atoms with Crippen LogP contribution in [-0.4, -0.2) is 31.4 Å². The van der Waals surface area contributed by atoms with Crippen LogP contribution < -0.4 is 24.7 Å². The van der Waals surface area contributed by atoms with Crippen LogP contribution in [0, 0.1) is 0 Å². The van der Waals surface area contributed by atoms with E-state index < -0.39 is 6.09 Å². The molecule has 2 aromatic carbocycles. The van der Waals surface area contributed by atoms with Crippen molar-refractivity contribution in [2.24, 2.45) is 5.73 Å². The number of hydrogen-bond acceptors (Lipinski definition) is 6. The molecule has 0 spiro atoms. The third kappa shape index (κ3) is 2.57. The summed E-state index contributed by atoms with van der Waals surface area (Å²) in [6.07, 6.45) is 0.926. The first-order valence-corrected chi connectivity index (χ1v) is 8.96. The number of nitrogens with zero attached hydrogens (tertiary/aromatic N) is 1. The van der Waals surface area contributed by atoms with Gasteiger partial charge in [-0.05, 0) is 47.7 Å². The highest BCUT2D eigenvalue weighted by Gasteiger charge is 2.35. The Morgan fingerprint density at radius 2 is 2.04 bits per heavy atom. The van der Waals surface area contributed by atoms with E-state index in [1.54, 1.807) is 7.11 Å². The molecule has 1 unspecified atom stereocenters. The number of amides is 1. The van der Waals surface area contributed by atoms with Crippen LogP contribution in [0.3, 0.4) is 0 Å². The summed E-state index contributed by atoms with van der Waals surface area (Å²) < 4.78 is 21.8. The number of carbonyl (C=O) groups is 1. The molecule has 0 saturated carbocycles. The fourth-order valence-corrected chi connectivity index (χ4v) is 4.37. The molecule has 2 aromatic rings. The van der Waals surface area contributed by atoms with E-state index in [9.17, 15) is 4.79 Å². The van der Waals surface area contributed by atoms with Gasteiger partial charge in [0.2, 0.25) is 6.79 Å². The lowest BCUT2D eigenvalue weighted by molar-refractivity contribution is 0.156. The average Bonchev–Trinajstić information content (AvgIpc) is 3.12. The predicted octanol–water partition coefficient (Wildman–Crippen LogP) is 2.54. The molecule has 7 heteroatoms. The van der Waals surface area contributed by atoms with Crippen LogP contribution in [0.25, 0.3) is 0 Å². The number of ether oxygens (including phenoxy) is 4. The molecule has 1 amide bonds. The molecule has 0 aromatic heterocycles. The second-order valence-corrected chi connectivity index (χ2v) is 7.00. The summed E-state index contributed by atoms with van der Waals surface area (Å²) in [6, 6.07) is 8.35. The first kappa shape index (κ1) is 16.3. The van der Waals surface area contributed by atoms with E-state index in [2.05, 4.69) is 17.0 Å². The number of nitrogens with two attached hydrogens (primary N) is 1. The van der Waals surface area contributed by atoms with Gasteiger partial charge in [-0.1, -0.05) is 6.07 Å². The first-order valence-electron chi connectivity index (χ1n) is 8.96. The molecular weight excluding hydrogens is 348 g/mol. The van der Waals surface area contributed by atoms with Gasteiger partial charge in [-0.25, -0.2) is 4.79 Å². The van der Waals surface area contributed by atoms with E-state index >= 15 is 0 Å². The lowest BCUT2D eigenvalue weighted by Gasteiger charge is -2.41. The van der Waals surface area contributed by atoms with Crippen molar-refractivity contribution < 1.29 is 23.7 Å². The Kier molecular flexibility index (Phi) is 3.65. The maximum absolute atomic E-state index is 11.4. The molecule has 0 radical (unpaired) electrons. The highest BCUT2D eigenvalue weighted by atomic mass is 16.7. The van der Waals surface area contributed by atoms with E-state index in [4.69, 9.17) is 24.7 Å². The van der Waals surface area contributed by atoms with Crippen LogP contribution in [0.4, 0.5) is 4.79 Å². The smallest absolute Gasteiger partial charge is 0.410 e. The van der Waals surface area contributed by atoms with Crippen LogP contribution in [0.5, 0.6) is 23.0 Å². The second kappa shape index (κ2) is 6.06. The van der Waals surface area contributed by atoms with Gasteiger partial charge in [0, 0.05) is 24.7 Å². The van der Waals surface area contributed by atoms with Gasteiger partial charge in [-0.15, -0.1) is 0 Å². The molecule has 2 N–H and O–H groups in total. The molecule has 0 aliphatic carbocycles. The SMILES string of the molecule is COc1ccc2c(c1OC(N)=O)CN1CCc3cc4c(cc3C1C2)OCO4. The molecule has 0 saturated heterocycles. The van der Waals surface area contributed by atoms with E-state index in [1.165, 1.54) is 11.1 Å². The van der Waals surface area contributed by atoms with Gasteiger partial charge in [-0.2, -0.15) is 0 Å². The number of rotatable bonds is 2. The van der Waals surface area contributed by atoms with Crippen molar-refractivity contribution in [3.05, 3.63) is 46.5 Å². The fourth-order valence-electron chi connectivity index (χ4n) is 4.37. The van der Waals surface area contributed by atoms with Crippen LogP contribution in [0.1, 0.15) is 28.3 Å². The summed E-state index contributed by atoms with van der Waals surface area (Å²) >= 11 is 0. The van der Waals surface area contributed by atoms with Crippen LogP contribution in [-0.2, 0) is 19.4 Å². The molecule has 3 heterocycles. The Labute approximate surface area is 156 Å². The maximum atomic E-state index is 11.4. The number of carbonyl (C=O) groups excluding carboxylic acids is 1. The Bertz CT molecular complexity index is 942. The number of fused-ring (bicyclic) bond motifs is 5. The van der Waals surface area contributed by atoms with Crippen molar-refractivity contribution in [1.82, 2.24) is 4.90 Å². The lowest BCUT2D eigenvalue weighted by atomic mass is 9.83. The zero-order chi connectivity index (χ0) is 18.5. The van der Waals surface area contributed by atoms with Gasteiger partial charge >= 0.3 is 6.09 Å². The first-order chi connectivity index (χ1) is 13.1. The Balaban J connectivity index is 1.56. The molecule has 7 nitrogen and oxygen atoms in total. The summed E-state index contributed by atoms with van der Waals surface area (Å²) in [7, 11) is 1.56. The summed E-state index contributed by atoms with van der Waals surface area (Å²) in [5, 5.41) is 0. The minimum absolute atomic E-state index is 0.255. The van der Waals surface area contributed by atoms with Crippen LogP contribution >= 0.6 is 0 Å². The quantitative estimate of drug-likeness (QED) is 0.877. The van der Waals surface area contributed by atoms with E-state index in [-0.39, 0.29) is 12.8 Å². The second-order valence-electron chi connectivity index (χ2n) is 7.00. The normalized spacial score (nSPS) is 19.7. The molecule has 140 valence electrons. The Morgan fingerprint density at radius 3 is 2.81 bits per heavy atom. The lowest BCUT2D eigenvalue weighted by Crippen LogP contribution is -2.39. The van der Waals surface area contributed by atoms with Crippen molar-refractivity contribution in [2.75, 3.05) is 20.4 Å². The summed E-state index contributed by atoms with van der Waals surface area (Å²) in [5.41, 5.74) is 9.97. The summed E-state index contributed by atoms with van der Waals surface area (Å²) in [6.45, 7) is 1.88. The van der Waals surface area contributed by atoms with Gasteiger partial charge in [0.1, 0.15) is 0 Å². The van der Waals surface area contributed by atoms with E-state index in [0.717, 1.165) is 42.0 Å². The molecular formula is C20H20N2O5. The van der Waals surface area contributed by atoms with Crippen molar-refractivity contribution in [2.45, 2.75) is 25.4 Å². The fraction of sp³-hybridized carbons (Fsp3) is 0.350. The molecule has 3 aliphatic heterocycles. The van der Waals surface area contributed by atoms with E-state index in [0.29, 0.717) is 18.0 Å². The molecule has 0 bridgehead atoms. The largest absolute Gasteiger partial charge is 0.493 e. The number of primary amides is 1. The third-order valence-corrected chi connectivity index (χ3v) is 5.62. The third-order valence-electron chi connectivity index (χ3n) is 5.62. The van der Waals surface area contributed by atoms with Gasteiger partial charge in [0.05, 0.1) is 7.11 Å². The molecule has 3 aliphatic rings. The minimum Gasteiger partial charge on any atom is -0.493 e. The summed E-state index contributed by atoms with van der Waals surface area (Å²) in [5.74, 6) is 2.60. The average molecular weight is 368 g/mol. The van der Waals surface area contributed by atoms with Gasteiger partial charge in [0.25, 0.3) is 0 Å². The zero-order valence-electron chi connectivity index (χ0n) is 15.0. The molecule has 1 atom stereocenters. The molecule has 27 heavy (non-hydrogen) atoms. The van der Waals surface area contributed by atoms with Gasteiger partial charge < -0.3 is 24.7 Å². The summed E-state index contributed by atoms with van der Waals surface area (Å²) in [4.78, 5) is 13.8. The van der Waals surface area contributed by atoms with Crippen molar-refractivity contribution in [1.29, 1.82) is 0 Å². The topological polar surface area (TPSA) is 83.3 Å². The standard InChI is InChI=1S/C20H20N2O5/c1-24-16-3-2-11-6-15-13-8-18-17(25-10-26-18)7-12(13)4-5-22(15)9-14(11)19(16)27-20(21)23/h2-3,7-8,15H,4-6,9-10H2,1H3,(H2,21,23).